The SMILES string of the molecule is C[C@@H](CCc1ccccc1)NC(=S)Nc1ccccc1Cl. The second-order valence-electron chi connectivity index (χ2n) is 5.00. The lowest BCUT2D eigenvalue weighted by atomic mass is 10.1. The van der Waals surface area contributed by atoms with E-state index in [0.717, 1.165) is 18.5 Å². The minimum absolute atomic E-state index is 0.299. The minimum atomic E-state index is 0.299. The number of aryl methyl sites for hydroxylation is 1. The van der Waals surface area contributed by atoms with Crippen LogP contribution in [0.15, 0.2) is 54.6 Å². The van der Waals surface area contributed by atoms with Crippen molar-refractivity contribution in [3.8, 4) is 0 Å². The first-order valence-corrected chi connectivity index (χ1v) is 7.80. The molecule has 2 aromatic rings. The first kappa shape index (κ1) is 15.8. The molecule has 4 heteroatoms. The van der Waals surface area contributed by atoms with E-state index in [9.17, 15) is 0 Å². The number of thiocarbonyl (C=S) groups is 1. The highest BCUT2D eigenvalue weighted by Crippen LogP contribution is 2.20. The van der Waals surface area contributed by atoms with Crippen molar-refractivity contribution in [3.05, 3.63) is 65.2 Å². The molecule has 0 radical (unpaired) electrons. The molecule has 0 saturated heterocycles. The van der Waals surface area contributed by atoms with Crippen LogP contribution in [-0.2, 0) is 6.42 Å². The first-order valence-electron chi connectivity index (χ1n) is 7.01. The molecule has 2 nitrogen and oxygen atoms in total. The van der Waals surface area contributed by atoms with Gasteiger partial charge in [0.05, 0.1) is 10.7 Å². The second-order valence-corrected chi connectivity index (χ2v) is 5.82. The van der Waals surface area contributed by atoms with Crippen molar-refractivity contribution < 1.29 is 0 Å². The number of anilines is 1. The lowest BCUT2D eigenvalue weighted by molar-refractivity contribution is 0.609. The number of rotatable bonds is 5. The largest absolute Gasteiger partial charge is 0.360 e. The molecule has 2 rings (SSSR count). The maximum absolute atomic E-state index is 6.10. The normalized spacial score (nSPS) is 11.7. The van der Waals surface area contributed by atoms with Gasteiger partial charge in [-0.05, 0) is 49.7 Å². The molecule has 21 heavy (non-hydrogen) atoms. The van der Waals surface area contributed by atoms with Crippen LogP contribution in [0.3, 0.4) is 0 Å². The second kappa shape index (κ2) is 8.01. The van der Waals surface area contributed by atoms with Gasteiger partial charge in [-0.25, -0.2) is 0 Å². The fourth-order valence-electron chi connectivity index (χ4n) is 2.04. The van der Waals surface area contributed by atoms with Crippen molar-refractivity contribution >= 4 is 34.6 Å². The highest BCUT2D eigenvalue weighted by Gasteiger charge is 2.06. The Bertz CT molecular complexity index is 586. The molecule has 0 unspecified atom stereocenters. The van der Waals surface area contributed by atoms with Crippen LogP contribution < -0.4 is 10.6 Å². The molecule has 0 spiro atoms. The van der Waals surface area contributed by atoms with Crippen molar-refractivity contribution in [1.82, 2.24) is 5.32 Å². The Balaban J connectivity index is 1.78. The maximum atomic E-state index is 6.10. The van der Waals surface area contributed by atoms with Crippen LogP contribution in [0.5, 0.6) is 0 Å². The van der Waals surface area contributed by atoms with Gasteiger partial charge in [-0.1, -0.05) is 54.1 Å². The molecular formula is C17H19ClN2S. The van der Waals surface area contributed by atoms with E-state index in [2.05, 4.69) is 41.8 Å². The highest BCUT2D eigenvalue weighted by molar-refractivity contribution is 7.80. The van der Waals surface area contributed by atoms with Crippen molar-refractivity contribution in [2.24, 2.45) is 0 Å². The van der Waals surface area contributed by atoms with Gasteiger partial charge in [0.2, 0.25) is 0 Å². The zero-order valence-electron chi connectivity index (χ0n) is 12.0. The summed E-state index contributed by atoms with van der Waals surface area (Å²) in [6.45, 7) is 2.13. The third kappa shape index (κ3) is 5.37. The summed E-state index contributed by atoms with van der Waals surface area (Å²) in [5.41, 5.74) is 2.17. The zero-order chi connectivity index (χ0) is 15.1. The Morgan fingerprint density at radius 3 is 2.48 bits per heavy atom. The monoisotopic (exact) mass is 318 g/mol. The van der Waals surface area contributed by atoms with Crippen LogP contribution in [0.4, 0.5) is 5.69 Å². The first-order chi connectivity index (χ1) is 10.1. The smallest absolute Gasteiger partial charge is 0.171 e. The van der Waals surface area contributed by atoms with Crippen molar-refractivity contribution in [3.63, 3.8) is 0 Å². The summed E-state index contributed by atoms with van der Waals surface area (Å²) in [4.78, 5) is 0. The van der Waals surface area contributed by atoms with Crippen LogP contribution >= 0.6 is 23.8 Å². The van der Waals surface area contributed by atoms with Gasteiger partial charge in [-0.15, -0.1) is 0 Å². The van der Waals surface area contributed by atoms with E-state index in [-0.39, 0.29) is 0 Å². The van der Waals surface area contributed by atoms with Gasteiger partial charge in [0.25, 0.3) is 0 Å². The summed E-state index contributed by atoms with van der Waals surface area (Å²) in [6, 6.07) is 18.3. The number of hydrogen-bond acceptors (Lipinski definition) is 1. The lowest BCUT2D eigenvalue weighted by Crippen LogP contribution is -2.36. The molecule has 0 fully saturated rings. The molecule has 0 aliphatic heterocycles. The van der Waals surface area contributed by atoms with E-state index in [4.69, 9.17) is 23.8 Å². The van der Waals surface area contributed by atoms with E-state index in [1.54, 1.807) is 0 Å². The molecular weight excluding hydrogens is 300 g/mol. The summed E-state index contributed by atoms with van der Waals surface area (Å²) in [6.07, 6.45) is 2.05. The number of hydrogen-bond donors (Lipinski definition) is 2. The molecule has 0 bridgehead atoms. The highest BCUT2D eigenvalue weighted by atomic mass is 35.5. The Morgan fingerprint density at radius 1 is 1.10 bits per heavy atom. The van der Waals surface area contributed by atoms with Gasteiger partial charge >= 0.3 is 0 Å². The maximum Gasteiger partial charge on any atom is 0.171 e. The van der Waals surface area contributed by atoms with Gasteiger partial charge in [0.1, 0.15) is 0 Å². The van der Waals surface area contributed by atoms with E-state index in [1.165, 1.54) is 5.56 Å². The number of halogens is 1. The van der Waals surface area contributed by atoms with Crippen LogP contribution in [0.25, 0.3) is 0 Å². The summed E-state index contributed by atoms with van der Waals surface area (Å²) in [7, 11) is 0. The molecule has 2 aromatic carbocycles. The number of nitrogens with one attached hydrogen (secondary N) is 2. The van der Waals surface area contributed by atoms with Crippen LogP contribution in [0.2, 0.25) is 5.02 Å². The average molecular weight is 319 g/mol. The Hall–Kier alpha value is -1.58. The molecule has 0 heterocycles. The predicted molar refractivity (Wildman–Crippen MR) is 95.0 cm³/mol. The Labute approximate surface area is 136 Å². The lowest BCUT2D eigenvalue weighted by Gasteiger charge is -2.17. The molecule has 110 valence electrons. The summed E-state index contributed by atoms with van der Waals surface area (Å²) < 4.78 is 0. The van der Waals surface area contributed by atoms with Crippen molar-refractivity contribution in [2.75, 3.05) is 5.32 Å². The minimum Gasteiger partial charge on any atom is -0.360 e. The van der Waals surface area contributed by atoms with E-state index < -0.39 is 0 Å². The topological polar surface area (TPSA) is 24.1 Å². The Kier molecular flexibility index (Phi) is 6.03. The van der Waals surface area contributed by atoms with Crippen LogP contribution in [0, 0.1) is 0 Å². The average Bonchev–Trinajstić information content (AvgIpc) is 2.48. The molecule has 0 aliphatic carbocycles. The predicted octanol–water partition coefficient (Wildman–Crippen LogP) is 4.65. The van der Waals surface area contributed by atoms with Gasteiger partial charge in [-0.3, -0.25) is 0 Å². The van der Waals surface area contributed by atoms with Crippen molar-refractivity contribution in [2.45, 2.75) is 25.8 Å². The summed E-state index contributed by atoms with van der Waals surface area (Å²) >= 11 is 11.4. The van der Waals surface area contributed by atoms with Gasteiger partial charge in [-0.2, -0.15) is 0 Å². The number of benzene rings is 2. The zero-order valence-corrected chi connectivity index (χ0v) is 13.5. The van der Waals surface area contributed by atoms with E-state index >= 15 is 0 Å². The van der Waals surface area contributed by atoms with Crippen LogP contribution in [-0.4, -0.2) is 11.2 Å². The van der Waals surface area contributed by atoms with Crippen LogP contribution in [0.1, 0.15) is 18.9 Å². The molecule has 1 atom stereocenters. The fraction of sp³-hybridized carbons (Fsp3) is 0.235. The molecule has 0 saturated carbocycles. The van der Waals surface area contributed by atoms with Crippen molar-refractivity contribution in [1.29, 1.82) is 0 Å². The fourth-order valence-corrected chi connectivity index (χ4v) is 2.54. The molecule has 0 aliphatic rings. The van der Waals surface area contributed by atoms with Gasteiger partial charge in [0.15, 0.2) is 5.11 Å². The van der Waals surface area contributed by atoms with Gasteiger partial charge < -0.3 is 10.6 Å². The molecule has 2 N–H and O–H groups in total. The number of para-hydroxylation sites is 1. The van der Waals surface area contributed by atoms with Gasteiger partial charge in [0, 0.05) is 6.04 Å². The molecule has 0 aromatic heterocycles. The Morgan fingerprint density at radius 2 is 1.76 bits per heavy atom. The third-order valence-electron chi connectivity index (χ3n) is 3.21. The standard InChI is InChI=1S/C17H19ClN2S/c1-13(11-12-14-7-3-2-4-8-14)19-17(21)20-16-10-6-5-9-15(16)18/h2-10,13H,11-12H2,1H3,(H2,19,20,21)/t13-/m0/s1. The third-order valence-corrected chi connectivity index (χ3v) is 3.76. The quantitative estimate of drug-likeness (QED) is 0.785. The molecule has 0 amide bonds. The van der Waals surface area contributed by atoms with E-state index in [1.807, 2.05) is 30.3 Å². The van der Waals surface area contributed by atoms with E-state index in [0.29, 0.717) is 16.2 Å². The summed E-state index contributed by atoms with van der Waals surface area (Å²) in [5.74, 6) is 0. The summed E-state index contributed by atoms with van der Waals surface area (Å²) in [5, 5.41) is 7.68.